The van der Waals surface area contributed by atoms with Gasteiger partial charge in [-0.1, -0.05) is 26.0 Å². The van der Waals surface area contributed by atoms with Crippen LogP contribution in [0.4, 0.5) is 0 Å². The Morgan fingerprint density at radius 1 is 1.27 bits per heavy atom. The van der Waals surface area contributed by atoms with Crippen LogP contribution in [0.1, 0.15) is 32.8 Å². The van der Waals surface area contributed by atoms with Crippen LogP contribution in [0.15, 0.2) is 29.3 Å². The number of carbonyl (C=O) groups excluding carboxylic acids is 1. The number of aryl methyl sites for hydroxylation is 1. The van der Waals surface area contributed by atoms with E-state index in [-0.39, 0.29) is 11.8 Å². The van der Waals surface area contributed by atoms with Crippen LogP contribution in [0.3, 0.4) is 0 Å². The van der Waals surface area contributed by atoms with Gasteiger partial charge >= 0.3 is 5.97 Å². The maximum atomic E-state index is 12.7. The fourth-order valence-corrected chi connectivity index (χ4v) is 4.33. The lowest BCUT2D eigenvalue weighted by Gasteiger charge is -2.22. The summed E-state index contributed by atoms with van der Waals surface area (Å²) in [4.78, 5) is 28.2. The third kappa shape index (κ3) is 4.80. The highest BCUT2D eigenvalue weighted by atomic mass is 32.2. The van der Waals surface area contributed by atoms with E-state index in [0.29, 0.717) is 6.42 Å². The van der Waals surface area contributed by atoms with Gasteiger partial charge in [0.05, 0.1) is 11.4 Å². The Bertz CT molecular complexity index is 785. The van der Waals surface area contributed by atoms with E-state index < -0.39 is 23.4 Å². The Balaban J connectivity index is 2.26. The number of aromatic nitrogens is 1. The first-order valence-electron chi connectivity index (χ1n) is 8.65. The minimum Gasteiger partial charge on any atom is -0.480 e. The number of rotatable bonds is 8. The molecule has 4 N–H and O–H groups in total. The van der Waals surface area contributed by atoms with Crippen molar-refractivity contribution in [3.63, 3.8) is 0 Å². The number of nitrogens with one attached hydrogen (secondary N) is 2. The molecule has 0 unspecified atom stereocenters. The van der Waals surface area contributed by atoms with Crippen LogP contribution in [0.2, 0.25) is 0 Å². The molecule has 2 rings (SSSR count). The molecular weight excluding hydrogens is 352 g/mol. The number of amides is 1. The number of carbonyl (C=O) groups is 2. The highest BCUT2D eigenvalue weighted by molar-refractivity contribution is 8.00. The van der Waals surface area contributed by atoms with Crippen molar-refractivity contribution in [2.45, 2.75) is 56.4 Å². The van der Waals surface area contributed by atoms with Gasteiger partial charge in [0, 0.05) is 22.0 Å². The molecule has 1 amide bonds. The lowest BCUT2D eigenvalue weighted by molar-refractivity contribution is -0.144. The molecule has 1 heterocycles. The van der Waals surface area contributed by atoms with Crippen LogP contribution in [0.25, 0.3) is 10.9 Å². The molecular formula is C19H26N2O4S. The summed E-state index contributed by atoms with van der Waals surface area (Å²) < 4.78 is 0. The second kappa shape index (κ2) is 8.60. The normalized spacial score (nSPS) is 15.0. The van der Waals surface area contributed by atoms with Gasteiger partial charge < -0.3 is 20.5 Å². The van der Waals surface area contributed by atoms with Crippen LogP contribution in [0, 0.1) is 12.8 Å². The Morgan fingerprint density at radius 3 is 2.54 bits per heavy atom. The van der Waals surface area contributed by atoms with E-state index in [2.05, 4.69) is 10.3 Å². The molecule has 7 heteroatoms. The van der Waals surface area contributed by atoms with Crippen LogP contribution >= 0.6 is 11.8 Å². The molecule has 0 saturated heterocycles. The van der Waals surface area contributed by atoms with Crippen molar-refractivity contribution in [1.29, 1.82) is 0 Å². The second-order valence-electron chi connectivity index (χ2n) is 6.95. The largest absolute Gasteiger partial charge is 0.480 e. The molecule has 0 spiro atoms. The summed E-state index contributed by atoms with van der Waals surface area (Å²) in [6, 6.07) is 4.66. The minimum atomic E-state index is -1.32. The van der Waals surface area contributed by atoms with Gasteiger partial charge in [0.15, 0.2) is 6.04 Å². The molecule has 6 nitrogen and oxygen atoms in total. The maximum absolute atomic E-state index is 12.7. The predicted molar refractivity (Wildman–Crippen MR) is 103 cm³/mol. The summed E-state index contributed by atoms with van der Waals surface area (Å²) in [6.07, 6.45) is 1.31. The van der Waals surface area contributed by atoms with Gasteiger partial charge in [0.2, 0.25) is 5.91 Å². The van der Waals surface area contributed by atoms with Gasteiger partial charge in [-0.05, 0) is 37.8 Å². The van der Waals surface area contributed by atoms with E-state index >= 15 is 0 Å². The molecule has 3 atom stereocenters. The van der Waals surface area contributed by atoms with Gasteiger partial charge in [0.25, 0.3) is 0 Å². The number of H-pyrrole nitrogens is 1. The number of hydrogen-bond donors (Lipinski definition) is 4. The Morgan fingerprint density at radius 2 is 1.96 bits per heavy atom. The number of fused-ring (bicyclic) bond motifs is 1. The van der Waals surface area contributed by atoms with Crippen molar-refractivity contribution in [3.05, 3.63) is 30.0 Å². The lowest BCUT2D eigenvalue weighted by Crippen LogP contribution is -2.50. The number of aliphatic hydroxyl groups is 1. The lowest BCUT2D eigenvalue weighted by atomic mass is 10.1. The fraction of sp³-hybridized carbons (Fsp3) is 0.474. The number of hydrogen-bond acceptors (Lipinski definition) is 4. The van der Waals surface area contributed by atoms with E-state index in [1.54, 1.807) is 0 Å². The number of carboxylic acid groups (broad SMARTS) is 1. The standard InChI is InChI=1S/C19H26N2O4S/c1-10(2)8-14(18(23)21-17(12(4)22)19(24)25)26-15-9-20-13-7-5-6-11(3)16(13)15/h5-7,9-10,12,14,17,20,22H,8H2,1-4H3,(H,21,23)(H,24,25)/t12-,14-,17+/m1/s1. The SMILES string of the molecule is Cc1cccc2[nH]cc(S[C@H](CC(C)C)C(=O)N[C@H](C(=O)O)[C@@H](C)O)c12. The molecule has 1 aromatic heterocycles. The first-order valence-corrected chi connectivity index (χ1v) is 9.53. The van der Waals surface area contributed by atoms with Crippen LogP contribution in [0.5, 0.6) is 0 Å². The summed E-state index contributed by atoms with van der Waals surface area (Å²) >= 11 is 1.42. The van der Waals surface area contributed by atoms with Crippen LogP contribution < -0.4 is 5.32 Å². The zero-order chi connectivity index (χ0) is 19.4. The molecule has 0 saturated carbocycles. The number of carboxylic acids is 1. The van der Waals surface area contributed by atoms with Crippen LogP contribution in [-0.2, 0) is 9.59 Å². The third-order valence-electron chi connectivity index (χ3n) is 4.17. The molecule has 0 aliphatic heterocycles. The van der Waals surface area contributed by atoms with Gasteiger partial charge in [-0.15, -0.1) is 11.8 Å². The minimum absolute atomic E-state index is 0.263. The topological polar surface area (TPSA) is 102 Å². The molecule has 0 aliphatic carbocycles. The molecule has 0 bridgehead atoms. The van der Waals surface area contributed by atoms with E-state index in [1.165, 1.54) is 18.7 Å². The van der Waals surface area contributed by atoms with Gasteiger partial charge in [-0.25, -0.2) is 4.79 Å². The van der Waals surface area contributed by atoms with Crippen molar-refractivity contribution < 1.29 is 19.8 Å². The van der Waals surface area contributed by atoms with E-state index in [9.17, 15) is 19.8 Å². The molecule has 26 heavy (non-hydrogen) atoms. The van der Waals surface area contributed by atoms with Crippen molar-refractivity contribution in [3.8, 4) is 0 Å². The molecule has 0 radical (unpaired) electrons. The monoisotopic (exact) mass is 378 g/mol. The van der Waals surface area contributed by atoms with E-state index in [0.717, 1.165) is 21.4 Å². The van der Waals surface area contributed by atoms with Crippen molar-refractivity contribution in [1.82, 2.24) is 10.3 Å². The third-order valence-corrected chi connectivity index (χ3v) is 5.44. The zero-order valence-electron chi connectivity index (χ0n) is 15.4. The Hall–Kier alpha value is -1.99. The number of aromatic amines is 1. The molecule has 2 aromatic rings. The average molecular weight is 378 g/mol. The Kier molecular flexibility index (Phi) is 6.72. The van der Waals surface area contributed by atoms with E-state index in [1.807, 2.05) is 45.2 Å². The smallest absolute Gasteiger partial charge is 0.328 e. The molecule has 0 fully saturated rings. The summed E-state index contributed by atoms with van der Waals surface area (Å²) in [5.74, 6) is -1.36. The van der Waals surface area contributed by atoms with Crippen molar-refractivity contribution in [2.24, 2.45) is 5.92 Å². The second-order valence-corrected chi connectivity index (χ2v) is 8.20. The number of aliphatic carboxylic acids is 1. The highest BCUT2D eigenvalue weighted by Gasteiger charge is 2.30. The van der Waals surface area contributed by atoms with Crippen molar-refractivity contribution in [2.75, 3.05) is 0 Å². The maximum Gasteiger partial charge on any atom is 0.328 e. The summed E-state index contributed by atoms with van der Waals surface area (Å²) in [6.45, 7) is 7.41. The number of aliphatic hydroxyl groups excluding tert-OH is 1. The zero-order valence-corrected chi connectivity index (χ0v) is 16.3. The fourth-order valence-electron chi connectivity index (χ4n) is 2.85. The first kappa shape index (κ1) is 20.3. The summed E-state index contributed by atoms with van der Waals surface area (Å²) in [5, 5.41) is 21.9. The molecule has 1 aromatic carbocycles. The van der Waals surface area contributed by atoms with Gasteiger partial charge in [0.1, 0.15) is 0 Å². The van der Waals surface area contributed by atoms with Crippen LogP contribution in [-0.4, -0.2) is 44.5 Å². The van der Waals surface area contributed by atoms with E-state index in [4.69, 9.17) is 0 Å². The first-order chi connectivity index (χ1) is 12.2. The molecule has 0 aliphatic rings. The molecule has 142 valence electrons. The number of thioether (sulfide) groups is 1. The number of benzene rings is 1. The summed E-state index contributed by atoms with van der Waals surface area (Å²) in [5.41, 5.74) is 2.12. The van der Waals surface area contributed by atoms with Gasteiger partial charge in [-0.2, -0.15) is 0 Å². The highest BCUT2D eigenvalue weighted by Crippen LogP contribution is 2.35. The average Bonchev–Trinajstić information content (AvgIpc) is 2.95. The predicted octanol–water partition coefficient (Wildman–Crippen LogP) is 2.93. The Labute approximate surface area is 157 Å². The van der Waals surface area contributed by atoms with Gasteiger partial charge in [-0.3, -0.25) is 4.79 Å². The summed E-state index contributed by atoms with van der Waals surface area (Å²) in [7, 11) is 0. The van der Waals surface area contributed by atoms with Crippen molar-refractivity contribution >= 4 is 34.5 Å². The quantitative estimate of drug-likeness (QED) is 0.529.